The number of amides is 1. The lowest BCUT2D eigenvalue weighted by atomic mass is 9.93. The predicted molar refractivity (Wildman–Crippen MR) is 65.3 cm³/mol. The maximum absolute atomic E-state index is 11.1. The van der Waals surface area contributed by atoms with Crippen LogP contribution in [0.5, 0.6) is 0 Å². The summed E-state index contributed by atoms with van der Waals surface area (Å²) in [7, 11) is 0. The third kappa shape index (κ3) is 3.67. The van der Waals surface area contributed by atoms with E-state index < -0.39 is 48.1 Å². The van der Waals surface area contributed by atoms with Crippen LogP contribution in [-0.2, 0) is 14.3 Å². The monoisotopic (exact) mass is 290 g/mol. The first-order chi connectivity index (χ1) is 9.27. The maximum atomic E-state index is 11.1. The van der Waals surface area contributed by atoms with Gasteiger partial charge in [-0.15, -0.1) is 0 Å². The van der Waals surface area contributed by atoms with Crippen molar-refractivity contribution in [1.29, 1.82) is 0 Å². The van der Waals surface area contributed by atoms with Crippen molar-refractivity contribution in [3.8, 4) is 0 Å². The average molecular weight is 290 g/mol. The molecule has 0 aromatic rings. The van der Waals surface area contributed by atoms with Gasteiger partial charge in [-0.05, 0) is 6.08 Å². The SMILES string of the molecule is CC(=O)NC1C(C(O)C(O)CN)OC(C(=O)O)=C[C@H]1O. The molecule has 0 aromatic carbocycles. The molecule has 9 heteroatoms. The van der Waals surface area contributed by atoms with Gasteiger partial charge in [0.2, 0.25) is 11.7 Å². The van der Waals surface area contributed by atoms with Crippen molar-refractivity contribution in [1.82, 2.24) is 5.32 Å². The van der Waals surface area contributed by atoms with Gasteiger partial charge in [0, 0.05) is 13.5 Å². The fourth-order valence-electron chi connectivity index (χ4n) is 1.88. The first-order valence-electron chi connectivity index (χ1n) is 5.91. The Kier molecular flexibility index (Phi) is 5.45. The van der Waals surface area contributed by atoms with E-state index in [4.69, 9.17) is 15.6 Å². The van der Waals surface area contributed by atoms with Crippen LogP contribution in [0.25, 0.3) is 0 Å². The van der Waals surface area contributed by atoms with Crippen molar-refractivity contribution in [2.45, 2.75) is 37.4 Å². The van der Waals surface area contributed by atoms with E-state index in [9.17, 15) is 24.9 Å². The average Bonchev–Trinajstić information content (AvgIpc) is 2.38. The first-order valence-corrected chi connectivity index (χ1v) is 5.91. The summed E-state index contributed by atoms with van der Waals surface area (Å²) in [6.07, 6.45) is -4.79. The second-order valence-corrected chi connectivity index (χ2v) is 4.43. The third-order valence-electron chi connectivity index (χ3n) is 2.86. The Morgan fingerprint density at radius 2 is 2.10 bits per heavy atom. The minimum Gasteiger partial charge on any atom is -0.478 e. The molecule has 1 amide bonds. The van der Waals surface area contributed by atoms with Crippen LogP contribution < -0.4 is 11.1 Å². The zero-order chi connectivity index (χ0) is 15.4. The Hall–Kier alpha value is -1.68. The second-order valence-electron chi connectivity index (χ2n) is 4.43. The van der Waals surface area contributed by atoms with E-state index in [1.807, 2.05) is 0 Å². The lowest BCUT2D eigenvalue weighted by Gasteiger charge is -2.38. The number of carboxylic acid groups (broad SMARTS) is 1. The van der Waals surface area contributed by atoms with E-state index in [0.29, 0.717) is 0 Å². The molecule has 0 saturated carbocycles. The predicted octanol–water partition coefficient (Wildman–Crippen LogP) is -3.10. The number of aliphatic hydroxyl groups is 3. The lowest BCUT2D eigenvalue weighted by molar-refractivity contribution is -0.147. The molecule has 0 radical (unpaired) electrons. The Morgan fingerprint density at radius 3 is 2.55 bits per heavy atom. The molecule has 1 aliphatic rings. The van der Waals surface area contributed by atoms with Crippen LogP contribution in [0, 0.1) is 0 Å². The summed E-state index contributed by atoms with van der Waals surface area (Å²) in [5.74, 6) is -2.53. The van der Waals surface area contributed by atoms with Crippen molar-refractivity contribution in [3.05, 3.63) is 11.8 Å². The van der Waals surface area contributed by atoms with Gasteiger partial charge in [0.25, 0.3) is 0 Å². The maximum Gasteiger partial charge on any atom is 0.370 e. The summed E-state index contributed by atoms with van der Waals surface area (Å²) in [5, 5.41) is 40.5. The quantitative estimate of drug-likeness (QED) is 0.310. The van der Waals surface area contributed by atoms with E-state index in [1.54, 1.807) is 0 Å². The molecule has 0 fully saturated rings. The summed E-state index contributed by atoms with van der Waals surface area (Å²) in [5.41, 5.74) is 5.21. The summed E-state index contributed by atoms with van der Waals surface area (Å²) in [6, 6.07) is -1.10. The van der Waals surface area contributed by atoms with E-state index in [2.05, 4.69) is 5.32 Å². The van der Waals surface area contributed by atoms with Gasteiger partial charge < -0.3 is 36.2 Å². The van der Waals surface area contributed by atoms with Crippen LogP contribution in [0.4, 0.5) is 0 Å². The molecule has 114 valence electrons. The van der Waals surface area contributed by atoms with Gasteiger partial charge in [-0.2, -0.15) is 0 Å². The molecular weight excluding hydrogens is 272 g/mol. The molecule has 9 nitrogen and oxygen atoms in total. The number of carbonyl (C=O) groups excluding carboxylic acids is 1. The van der Waals surface area contributed by atoms with E-state index >= 15 is 0 Å². The molecular formula is C11H18N2O7. The van der Waals surface area contributed by atoms with Gasteiger partial charge in [-0.25, -0.2) is 4.79 Å². The lowest BCUT2D eigenvalue weighted by Crippen LogP contribution is -2.60. The van der Waals surface area contributed by atoms with Gasteiger partial charge in [-0.1, -0.05) is 0 Å². The molecule has 0 aliphatic carbocycles. The van der Waals surface area contributed by atoms with Crippen LogP contribution in [0.3, 0.4) is 0 Å². The van der Waals surface area contributed by atoms with E-state index in [-0.39, 0.29) is 6.54 Å². The number of aliphatic carboxylic acids is 1. The van der Waals surface area contributed by atoms with Crippen molar-refractivity contribution in [2.24, 2.45) is 5.73 Å². The minimum atomic E-state index is -1.57. The van der Waals surface area contributed by atoms with Crippen LogP contribution in [-0.4, -0.2) is 69.3 Å². The molecule has 1 aliphatic heterocycles. The molecule has 0 bridgehead atoms. The zero-order valence-corrected chi connectivity index (χ0v) is 10.8. The molecule has 0 spiro atoms. The smallest absolute Gasteiger partial charge is 0.370 e. The number of ether oxygens (including phenoxy) is 1. The Bertz CT molecular complexity index is 412. The number of carbonyl (C=O) groups is 2. The standard InChI is InChI=1S/C11H18N2O7/c1-4(14)13-8-5(15)2-7(11(18)19)20-10(8)9(17)6(16)3-12/h2,5-6,8-10,15-17H,3,12H2,1H3,(H,13,14)(H,18,19)/t5-,6?,8?,9?,10?/m1/s1. The highest BCUT2D eigenvalue weighted by Gasteiger charge is 2.42. The van der Waals surface area contributed by atoms with Crippen molar-refractivity contribution in [2.75, 3.05) is 6.54 Å². The van der Waals surface area contributed by atoms with Gasteiger partial charge >= 0.3 is 5.97 Å². The number of carboxylic acids is 1. The molecule has 1 rings (SSSR count). The Balaban J connectivity index is 3.04. The number of hydrogen-bond acceptors (Lipinski definition) is 7. The van der Waals surface area contributed by atoms with Gasteiger partial charge in [0.1, 0.15) is 12.2 Å². The number of nitrogens with two attached hydrogens (primary N) is 1. The largest absolute Gasteiger partial charge is 0.478 e. The van der Waals surface area contributed by atoms with Gasteiger partial charge in [0.05, 0.1) is 12.1 Å². The summed E-state index contributed by atoms with van der Waals surface area (Å²) < 4.78 is 5.04. The Labute approximate surface area is 114 Å². The van der Waals surface area contributed by atoms with E-state index in [1.165, 1.54) is 6.92 Å². The van der Waals surface area contributed by atoms with E-state index in [0.717, 1.165) is 6.08 Å². The molecule has 4 unspecified atom stereocenters. The minimum absolute atomic E-state index is 0.296. The normalized spacial score (nSPS) is 28.9. The summed E-state index contributed by atoms with van der Waals surface area (Å²) in [4.78, 5) is 22.0. The number of rotatable bonds is 5. The van der Waals surface area contributed by atoms with Gasteiger partial charge in [0.15, 0.2) is 6.10 Å². The number of aliphatic hydroxyl groups excluding tert-OH is 3. The third-order valence-corrected chi connectivity index (χ3v) is 2.86. The van der Waals surface area contributed by atoms with Crippen molar-refractivity contribution in [3.63, 3.8) is 0 Å². The van der Waals surface area contributed by atoms with Crippen molar-refractivity contribution >= 4 is 11.9 Å². The summed E-state index contributed by atoms with van der Waals surface area (Å²) in [6.45, 7) is 0.891. The molecule has 7 N–H and O–H groups in total. The highest BCUT2D eigenvalue weighted by molar-refractivity contribution is 5.84. The highest BCUT2D eigenvalue weighted by atomic mass is 16.5. The number of hydrogen-bond donors (Lipinski definition) is 6. The molecule has 0 aromatic heterocycles. The fraction of sp³-hybridized carbons (Fsp3) is 0.636. The Morgan fingerprint density at radius 1 is 1.50 bits per heavy atom. The first kappa shape index (κ1) is 16.4. The summed E-state index contributed by atoms with van der Waals surface area (Å²) >= 11 is 0. The number of nitrogens with one attached hydrogen (secondary N) is 1. The second kappa shape index (κ2) is 6.66. The molecule has 20 heavy (non-hydrogen) atoms. The zero-order valence-electron chi connectivity index (χ0n) is 10.8. The molecule has 1 heterocycles. The van der Waals surface area contributed by atoms with Crippen LogP contribution in [0.1, 0.15) is 6.92 Å². The molecule has 5 atom stereocenters. The van der Waals surface area contributed by atoms with Crippen molar-refractivity contribution < 1.29 is 34.8 Å². The topological polar surface area (TPSA) is 162 Å². The van der Waals surface area contributed by atoms with Gasteiger partial charge in [-0.3, -0.25) is 4.79 Å². The fourth-order valence-corrected chi connectivity index (χ4v) is 1.88. The van der Waals surface area contributed by atoms with Crippen LogP contribution >= 0.6 is 0 Å². The molecule has 0 saturated heterocycles. The van der Waals surface area contributed by atoms with Crippen LogP contribution in [0.2, 0.25) is 0 Å². The van der Waals surface area contributed by atoms with Crippen LogP contribution in [0.15, 0.2) is 11.8 Å². The highest BCUT2D eigenvalue weighted by Crippen LogP contribution is 2.22.